The Balaban J connectivity index is 0.00000538. The minimum Gasteiger partial charge on any atom is -0.657 e. The van der Waals surface area contributed by atoms with Gasteiger partial charge in [-0.3, -0.25) is 9.59 Å². The molecule has 4 aliphatic rings. The molecule has 20 rings (SSSR count). The third kappa shape index (κ3) is 15.3. The maximum Gasteiger partial charge on any atom is 2.00 e. The van der Waals surface area contributed by atoms with E-state index < -0.39 is 23.9 Å². The molecule has 8 aromatic heterocycles. The van der Waals surface area contributed by atoms with E-state index in [1.54, 1.807) is 88.4 Å². The molecule has 0 saturated heterocycles. The number of hydrogen-bond acceptors (Lipinski definition) is 16. The smallest absolute Gasteiger partial charge is 0.657 e. The van der Waals surface area contributed by atoms with Crippen LogP contribution in [0.2, 0.25) is 0 Å². The first-order valence-corrected chi connectivity index (χ1v) is 41.8. The Morgan fingerprint density at radius 2 is 0.635 bits per heavy atom. The van der Waals surface area contributed by atoms with Crippen molar-refractivity contribution in [3.8, 4) is 68.2 Å². The van der Waals surface area contributed by atoms with Crippen LogP contribution in [0.25, 0.3) is 179 Å². The molecule has 0 saturated carbocycles. The van der Waals surface area contributed by atoms with Crippen molar-refractivity contribution in [2.45, 2.75) is 27.7 Å². The topological polar surface area (TPSA) is 247 Å². The molecular formula is C104H64N8O10S2Zn2. The van der Waals surface area contributed by atoms with E-state index in [2.05, 4.69) is 23.7 Å². The summed E-state index contributed by atoms with van der Waals surface area (Å²) in [5.74, 6) is 12.4. The fraction of sp³-hybridized carbons (Fsp3) is 0.0769. The second-order valence-corrected chi connectivity index (χ2v) is 31.4. The van der Waals surface area contributed by atoms with E-state index in [4.69, 9.17) is 58.8 Å². The van der Waals surface area contributed by atoms with Crippen LogP contribution in [-0.4, -0.2) is 70.2 Å². The van der Waals surface area contributed by atoms with Gasteiger partial charge in [-0.25, -0.2) is 39.1 Å². The van der Waals surface area contributed by atoms with E-state index in [1.165, 1.54) is 22.7 Å². The molecule has 126 heavy (non-hydrogen) atoms. The van der Waals surface area contributed by atoms with Crippen LogP contribution in [-0.2, 0) is 57.9 Å². The number of rotatable bonds is 12. The summed E-state index contributed by atoms with van der Waals surface area (Å²) in [5, 5.41) is 3.71. The Morgan fingerprint density at radius 3 is 1.03 bits per heavy atom. The van der Waals surface area contributed by atoms with Crippen molar-refractivity contribution in [3.05, 3.63) is 338 Å². The van der Waals surface area contributed by atoms with Gasteiger partial charge in [0.25, 0.3) is 0 Å². The second kappa shape index (κ2) is 34.5. The van der Waals surface area contributed by atoms with Crippen LogP contribution in [0.3, 0.4) is 0 Å². The molecule has 0 spiro atoms. The number of aromatic nitrogens is 8. The Labute approximate surface area is 752 Å². The molecule has 0 radical (unpaired) electrons. The average Bonchev–Trinajstić information content (AvgIpc) is 1.01. The van der Waals surface area contributed by atoms with E-state index in [-0.39, 0.29) is 76.2 Å². The predicted molar refractivity (Wildman–Crippen MR) is 491 cm³/mol. The molecular weight excluding hydrogens is 1720 g/mol. The van der Waals surface area contributed by atoms with Gasteiger partial charge < -0.3 is 38.9 Å². The molecule has 12 heterocycles. The molecule has 0 unspecified atom stereocenters. The van der Waals surface area contributed by atoms with E-state index in [0.29, 0.717) is 187 Å². The summed E-state index contributed by atoms with van der Waals surface area (Å²) in [5.41, 5.74) is 18.7. The number of nitrogens with zero attached hydrogens (tertiary/aromatic N) is 8. The van der Waals surface area contributed by atoms with Crippen molar-refractivity contribution in [3.63, 3.8) is 0 Å². The summed E-state index contributed by atoms with van der Waals surface area (Å²) >= 11 is 2.54. The number of hydrogen-bond donors (Lipinski definition) is 0. The number of esters is 4. The first kappa shape index (κ1) is 82.2. The molecule has 16 bridgehead atoms. The summed E-state index contributed by atoms with van der Waals surface area (Å²) in [4.78, 5) is 125. The normalized spacial score (nSPS) is 12.0. The molecule has 22 heteroatoms. The van der Waals surface area contributed by atoms with Crippen LogP contribution < -0.4 is 30.8 Å². The van der Waals surface area contributed by atoms with Gasteiger partial charge in [0.05, 0.1) is 103 Å². The van der Waals surface area contributed by atoms with Crippen molar-refractivity contribution in [1.29, 1.82) is 0 Å². The molecule has 18 nitrogen and oxygen atoms in total. The van der Waals surface area contributed by atoms with Gasteiger partial charge in [-0.05, 0) is 210 Å². The van der Waals surface area contributed by atoms with Gasteiger partial charge >= 0.3 is 62.8 Å². The van der Waals surface area contributed by atoms with Gasteiger partial charge in [0, 0.05) is 53.2 Å². The van der Waals surface area contributed by atoms with Crippen LogP contribution in [0, 0.1) is 32.7 Å². The molecule has 0 atom stereocenters. The zero-order valence-corrected chi connectivity index (χ0v) is 75.7. The zero-order chi connectivity index (χ0) is 84.4. The standard InChI is InChI=1S/C104H67N8O10S2.2Zn/c1-5-119-101(115)63-23-15-59(16-24-63)91-81-42-35-67(105-81)55-68-36-43-82(106-68)92(60-17-25-64(26-18-60)102(116)120-6-2)86-51-47-78(110-86)73(77-46-50-85(91)109-77)39-31-57-33-41-76-96-72(57)12-10-14-89(96)123-100(98(76)114)99-97(113)75-13-9-11-71-58(34-54-90(124-99)95(71)75)32-40-74-79-48-52-87(111-79)93(61-19-27-65(28-20-61)103(117)121-7-3)83-44-37-69(107-83)56-70-38-45-84(108-70)94(88-53-49-80(74)112-88)62-21-29-66(30-22-62)104(118)122-8-4;;/h9-30,33-38,41-56H,5-8H2,1-4H3,(H3-,105,106,107,108,109,110,111,112,113,114,115,116,117,118);;/q-1;2*+2/p-3. The third-order valence-electron chi connectivity index (χ3n) is 21.8. The van der Waals surface area contributed by atoms with Gasteiger partial charge in [0.15, 0.2) is 0 Å². The molecule has 0 aliphatic carbocycles. The first-order valence-electron chi connectivity index (χ1n) is 40.2. The second-order valence-electron chi connectivity index (χ2n) is 29.3. The monoisotopic (exact) mass is 1780 g/mol. The Morgan fingerprint density at radius 1 is 0.317 bits per heavy atom. The van der Waals surface area contributed by atoms with E-state index in [0.717, 1.165) is 42.4 Å². The zero-order valence-electron chi connectivity index (χ0n) is 68.1. The minimum absolute atomic E-state index is 0. The summed E-state index contributed by atoms with van der Waals surface area (Å²) < 4.78 is 23.5. The Bertz CT molecular complexity index is 7650. The molecule has 596 valence electrons. The van der Waals surface area contributed by atoms with Gasteiger partial charge in [0.1, 0.15) is 0 Å². The molecule has 4 aliphatic heterocycles. The van der Waals surface area contributed by atoms with Crippen molar-refractivity contribution in [2.75, 3.05) is 26.4 Å². The summed E-state index contributed by atoms with van der Waals surface area (Å²) in [6.07, 6.45) is 15.4. The SMILES string of the molecule is CCOC(=O)c1ccc(-c2c3nc(c(C#Cc4ccc5s/c(=c6/sc7cccc8c(C#Cc9c%10nc(c(-c%11ccc(C(=O)OCC)cc%11)c%11ccc(cc%12nc(c(-c%13ccc(C(=O)OCC)cc%13)c%13ccc9[n-]%13)C=C%12)[n-]%11)C=C%10)ccc(c6=O)c78)c(=O)c6cccc4c56)c4ccc([n-]4)c(-c4ccc(C(=O)OCC)cc4)c4nc(cc5ccc2[n-]5)C=C4)C=C3)cc1.[Zn+2].[Zn+2]. The van der Waals surface area contributed by atoms with Crippen LogP contribution in [0.1, 0.15) is 137 Å². The summed E-state index contributed by atoms with van der Waals surface area (Å²) in [6.45, 7) is 8.00. The molecule has 8 aromatic carbocycles. The first-order chi connectivity index (χ1) is 60.7. The molecule has 0 N–H and O–H groups in total. The van der Waals surface area contributed by atoms with Crippen LogP contribution in [0.4, 0.5) is 0 Å². The Kier molecular flexibility index (Phi) is 22.5. The molecule has 0 amide bonds. The average molecular weight is 1780 g/mol. The number of fused-ring (bicyclic) bond motifs is 16. The fourth-order valence-corrected chi connectivity index (χ4v) is 18.5. The van der Waals surface area contributed by atoms with Gasteiger partial charge in [-0.1, -0.05) is 163 Å². The largest absolute Gasteiger partial charge is 2.00 e. The van der Waals surface area contributed by atoms with Crippen LogP contribution in [0.15, 0.2) is 228 Å². The van der Waals surface area contributed by atoms with Gasteiger partial charge in [-0.2, -0.15) is 0 Å². The van der Waals surface area contributed by atoms with E-state index in [1.807, 2.05) is 206 Å². The van der Waals surface area contributed by atoms with Crippen molar-refractivity contribution < 1.29 is 77.1 Å². The Hall–Kier alpha value is -14.8. The van der Waals surface area contributed by atoms with Crippen LogP contribution >= 0.6 is 22.7 Å². The number of carbonyl (C=O) groups is 4. The predicted octanol–water partition coefficient (Wildman–Crippen LogP) is 20.5. The van der Waals surface area contributed by atoms with E-state index in [9.17, 15) is 19.2 Å². The minimum atomic E-state index is -0.434. The fourth-order valence-electron chi connectivity index (χ4n) is 16.1. The summed E-state index contributed by atoms with van der Waals surface area (Å²) in [7, 11) is 0. The van der Waals surface area contributed by atoms with Crippen molar-refractivity contribution in [2.24, 2.45) is 0 Å². The maximum atomic E-state index is 15.5. The summed E-state index contributed by atoms with van der Waals surface area (Å²) in [6, 6.07) is 66.9. The number of benzene rings is 8. The van der Waals surface area contributed by atoms with E-state index >= 15 is 9.59 Å². The van der Waals surface area contributed by atoms with Gasteiger partial charge in [-0.15, -0.1) is 66.8 Å². The molecule has 16 aromatic rings. The number of ether oxygens (including phenoxy) is 4. The quantitative estimate of drug-likeness (QED) is 0.0477. The van der Waals surface area contributed by atoms with Crippen molar-refractivity contribution in [1.82, 2.24) is 39.9 Å². The van der Waals surface area contributed by atoms with Crippen LogP contribution in [0.5, 0.6) is 0 Å². The molecule has 0 fully saturated rings. The third-order valence-corrected chi connectivity index (χ3v) is 24.2. The number of carbonyl (C=O) groups excluding carboxylic acids is 4. The van der Waals surface area contributed by atoms with Gasteiger partial charge in [0.2, 0.25) is 10.9 Å². The van der Waals surface area contributed by atoms with Crippen molar-refractivity contribution >= 4 is 181 Å². The maximum absolute atomic E-state index is 15.5.